The SMILES string of the molecule is Cc1ccc(-c2nc(CSc3n[nH]c(/C=C/c4ccc(F)cc4)n3)co2)cc1. The number of rotatable bonds is 6. The van der Waals surface area contributed by atoms with Crippen LogP contribution in [0.1, 0.15) is 22.6 Å². The number of thioether (sulfide) groups is 1. The Balaban J connectivity index is 1.36. The summed E-state index contributed by atoms with van der Waals surface area (Å²) in [6, 6.07) is 14.3. The minimum absolute atomic E-state index is 0.256. The lowest BCUT2D eigenvalue weighted by Gasteiger charge is -1.95. The number of nitrogens with zero attached hydrogens (tertiary/aromatic N) is 3. The molecule has 28 heavy (non-hydrogen) atoms. The summed E-state index contributed by atoms with van der Waals surface area (Å²) in [4.78, 5) is 8.93. The standard InChI is InChI=1S/C21H17FN4OS/c1-14-2-7-16(8-3-14)20-23-18(12-27-20)13-28-21-24-19(25-26-21)11-6-15-4-9-17(22)10-5-15/h2-12H,13H2,1H3,(H,24,25,26)/b11-6+. The smallest absolute Gasteiger partial charge is 0.226 e. The number of H-pyrrole nitrogens is 1. The maximum Gasteiger partial charge on any atom is 0.226 e. The molecule has 0 fully saturated rings. The van der Waals surface area contributed by atoms with Gasteiger partial charge in [0.1, 0.15) is 17.9 Å². The van der Waals surface area contributed by atoms with Crippen molar-refractivity contribution in [3.63, 3.8) is 0 Å². The first-order valence-electron chi connectivity index (χ1n) is 8.66. The number of benzene rings is 2. The first-order chi connectivity index (χ1) is 13.7. The van der Waals surface area contributed by atoms with Crippen LogP contribution in [0.15, 0.2) is 64.4 Å². The molecule has 0 aliphatic carbocycles. The third-order valence-electron chi connectivity index (χ3n) is 3.99. The van der Waals surface area contributed by atoms with Gasteiger partial charge in [-0.05, 0) is 42.8 Å². The van der Waals surface area contributed by atoms with E-state index in [1.807, 2.05) is 37.3 Å². The number of oxazole rings is 1. The number of hydrogen-bond acceptors (Lipinski definition) is 5. The first kappa shape index (κ1) is 18.2. The fraction of sp³-hybridized carbons (Fsp3) is 0.0952. The Kier molecular flexibility index (Phi) is 5.34. The van der Waals surface area contributed by atoms with Crippen molar-refractivity contribution in [1.82, 2.24) is 20.2 Å². The van der Waals surface area contributed by atoms with Gasteiger partial charge in [0.25, 0.3) is 0 Å². The van der Waals surface area contributed by atoms with Crippen molar-refractivity contribution in [2.24, 2.45) is 0 Å². The third kappa shape index (κ3) is 4.55. The number of hydrogen-bond donors (Lipinski definition) is 1. The van der Waals surface area contributed by atoms with E-state index in [0.29, 0.717) is 22.6 Å². The molecule has 4 aromatic rings. The van der Waals surface area contributed by atoms with Gasteiger partial charge >= 0.3 is 0 Å². The van der Waals surface area contributed by atoms with Crippen LogP contribution in [0.4, 0.5) is 4.39 Å². The molecule has 2 aromatic carbocycles. The second-order valence-electron chi connectivity index (χ2n) is 6.19. The molecule has 0 aliphatic heterocycles. The molecule has 2 aromatic heterocycles. The molecule has 0 radical (unpaired) electrons. The highest BCUT2D eigenvalue weighted by Gasteiger charge is 2.09. The van der Waals surface area contributed by atoms with Gasteiger partial charge in [-0.3, -0.25) is 5.10 Å². The molecule has 4 rings (SSSR count). The maximum atomic E-state index is 12.9. The van der Waals surface area contributed by atoms with E-state index in [2.05, 4.69) is 20.2 Å². The zero-order valence-electron chi connectivity index (χ0n) is 15.1. The number of aromatic nitrogens is 4. The largest absolute Gasteiger partial charge is 0.444 e. The van der Waals surface area contributed by atoms with E-state index in [9.17, 15) is 4.39 Å². The summed E-state index contributed by atoms with van der Waals surface area (Å²) in [5, 5.41) is 7.69. The Bertz CT molecular complexity index is 1080. The van der Waals surface area contributed by atoms with Crippen molar-refractivity contribution < 1.29 is 8.81 Å². The lowest BCUT2D eigenvalue weighted by Crippen LogP contribution is -1.84. The van der Waals surface area contributed by atoms with Crippen LogP contribution in [0.3, 0.4) is 0 Å². The molecule has 0 atom stereocenters. The van der Waals surface area contributed by atoms with Crippen LogP contribution in [0.2, 0.25) is 0 Å². The molecule has 2 heterocycles. The summed E-state index contributed by atoms with van der Waals surface area (Å²) in [5.41, 5.74) is 3.86. The van der Waals surface area contributed by atoms with Crippen molar-refractivity contribution in [2.45, 2.75) is 17.8 Å². The molecule has 0 aliphatic rings. The number of halogens is 1. The Hall–Kier alpha value is -3.19. The highest BCUT2D eigenvalue weighted by Crippen LogP contribution is 2.23. The average Bonchev–Trinajstić information content (AvgIpc) is 3.36. The predicted octanol–water partition coefficient (Wildman–Crippen LogP) is 5.37. The average molecular weight is 392 g/mol. The molecule has 0 unspecified atom stereocenters. The number of aryl methyl sites for hydroxylation is 1. The highest BCUT2D eigenvalue weighted by molar-refractivity contribution is 7.98. The molecule has 1 N–H and O–H groups in total. The molecule has 0 saturated heterocycles. The molecule has 140 valence electrons. The Morgan fingerprint density at radius 3 is 2.61 bits per heavy atom. The second-order valence-corrected chi connectivity index (χ2v) is 7.13. The van der Waals surface area contributed by atoms with Crippen molar-refractivity contribution in [1.29, 1.82) is 0 Å². The predicted molar refractivity (Wildman–Crippen MR) is 108 cm³/mol. The van der Waals surface area contributed by atoms with E-state index in [4.69, 9.17) is 4.42 Å². The Morgan fingerprint density at radius 2 is 1.82 bits per heavy atom. The van der Waals surface area contributed by atoms with Gasteiger partial charge in [-0.15, -0.1) is 5.10 Å². The maximum absolute atomic E-state index is 12.9. The lowest BCUT2D eigenvalue weighted by atomic mass is 10.1. The van der Waals surface area contributed by atoms with Crippen LogP contribution >= 0.6 is 11.8 Å². The highest BCUT2D eigenvalue weighted by atomic mass is 32.2. The normalized spacial score (nSPS) is 11.4. The van der Waals surface area contributed by atoms with Crippen molar-refractivity contribution >= 4 is 23.9 Å². The minimum Gasteiger partial charge on any atom is -0.444 e. The topological polar surface area (TPSA) is 67.6 Å². The van der Waals surface area contributed by atoms with Gasteiger partial charge in [-0.25, -0.2) is 14.4 Å². The quantitative estimate of drug-likeness (QED) is 0.447. The van der Waals surface area contributed by atoms with Gasteiger partial charge in [-0.1, -0.05) is 47.7 Å². The fourth-order valence-corrected chi connectivity index (χ4v) is 3.17. The summed E-state index contributed by atoms with van der Waals surface area (Å²) >= 11 is 1.47. The molecular weight excluding hydrogens is 375 g/mol. The molecule has 7 heteroatoms. The van der Waals surface area contributed by atoms with Gasteiger partial charge in [0, 0.05) is 11.3 Å². The molecule has 5 nitrogen and oxygen atoms in total. The molecule has 0 saturated carbocycles. The van der Waals surface area contributed by atoms with E-state index < -0.39 is 0 Å². The Morgan fingerprint density at radius 1 is 1.04 bits per heavy atom. The number of nitrogens with one attached hydrogen (secondary N) is 1. The van der Waals surface area contributed by atoms with E-state index in [1.54, 1.807) is 24.5 Å². The summed E-state index contributed by atoms with van der Waals surface area (Å²) in [5.74, 6) is 1.59. The van der Waals surface area contributed by atoms with Crippen LogP contribution in [0, 0.1) is 12.7 Å². The van der Waals surface area contributed by atoms with E-state index in [1.165, 1.54) is 29.5 Å². The van der Waals surface area contributed by atoms with Crippen molar-refractivity contribution in [2.75, 3.05) is 0 Å². The van der Waals surface area contributed by atoms with Crippen LogP contribution in [-0.4, -0.2) is 20.2 Å². The van der Waals surface area contributed by atoms with Gasteiger partial charge < -0.3 is 4.42 Å². The lowest BCUT2D eigenvalue weighted by molar-refractivity contribution is 0.573. The molecule has 0 spiro atoms. The summed E-state index contributed by atoms with van der Waals surface area (Å²) in [6.45, 7) is 2.04. The van der Waals surface area contributed by atoms with Gasteiger partial charge in [0.2, 0.25) is 11.0 Å². The second kappa shape index (κ2) is 8.22. The summed E-state index contributed by atoms with van der Waals surface area (Å²) in [7, 11) is 0. The zero-order chi connectivity index (χ0) is 19.3. The van der Waals surface area contributed by atoms with Gasteiger partial charge in [0.15, 0.2) is 0 Å². The monoisotopic (exact) mass is 392 g/mol. The number of aromatic amines is 1. The van der Waals surface area contributed by atoms with Crippen LogP contribution in [-0.2, 0) is 5.75 Å². The fourth-order valence-electron chi connectivity index (χ4n) is 2.49. The van der Waals surface area contributed by atoms with Crippen molar-refractivity contribution in [3.05, 3.63) is 83.3 Å². The van der Waals surface area contributed by atoms with Gasteiger partial charge in [0.05, 0.1) is 5.69 Å². The van der Waals surface area contributed by atoms with Crippen LogP contribution in [0.25, 0.3) is 23.6 Å². The van der Waals surface area contributed by atoms with E-state index in [-0.39, 0.29) is 5.82 Å². The van der Waals surface area contributed by atoms with Crippen LogP contribution in [0.5, 0.6) is 0 Å². The van der Waals surface area contributed by atoms with E-state index >= 15 is 0 Å². The molecular formula is C21H17FN4OS. The van der Waals surface area contributed by atoms with Crippen molar-refractivity contribution in [3.8, 4) is 11.5 Å². The van der Waals surface area contributed by atoms with E-state index in [0.717, 1.165) is 16.8 Å². The first-order valence-corrected chi connectivity index (χ1v) is 9.64. The molecule has 0 amide bonds. The van der Waals surface area contributed by atoms with Gasteiger partial charge in [-0.2, -0.15) is 0 Å². The zero-order valence-corrected chi connectivity index (χ0v) is 15.9. The minimum atomic E-state index is -0.256. The summed E-state index contributed by atoms with van der Waals surface area (Å²) in [6.07, 6.45) is 5.31. The summed E-state index contributed by atoms with van der Waals surface area (Å²) < 4.78 is 18.5. The Labute approximate surface area is 165 Å². The molecule has 0 bridgehead atoms. The third-order valence-corrected chi connectivity index (χ3v) is 4.87. The van der Waals surface area contributed by atoms with Crippen LogP contribution < -0.4 is 0 Å².